The second kappa shape index (κ2) is 9.55. The number of nitrogens with one attached hydrogen (secondary N) is 1. The molecule has 0 saturated carbocycles. The third-order valence-electron chi connectivity index (χ3n) is 7.43. The molecule has 0 spiro atoms. The van der Waals surface area contributed by atoms with Crippen LogP contribution in [0.1, 0.15) is 22.6 Å². The first-order chi connectivity index (χ1) is 17.8. The van der Waals surface area contributed by atoms with Gasteiger partial charge < -0.3 is 14.3 Å². The number of thiazole rings is 1. The number of fused-ring (bicyclic) bond motifs is 4. The van der Waals surface area contributed by atoms with Crippen LogP contribution in [0.5, 0.6) is 0 Å². The summed E-state index contributed by atoms with van der Waals surface area (Å²) in [5, 5.41) is 18.6. The van der Waals surface area contributed by atoms with Crippen molar-refractivity contribution < 1.29 is 28.3 Å². The number of aliphatic hydroxyl groups is 1. The quantitative estimate of drug-likeness (QED) is 0.256. The average Bonchev–Trinajstić information content (AvgIpc) is 3.65. The van der Waals surface area contributed by atoms with Crippen LogP contribution in [0.25, 0.3) is 10.2 Å². The number of piperidine rings is 3. The molecule has 1 atom stereocenters. The Bertz CT molecular complexity index is 1390. The molecule has 3 aromatic heterocycles. The molecule has 2 bridgehead atoms. The van der Waals surface area contributed by atoms with Crippen LogP contribution in [-0.4, -0.2) is 58.7 Å². The predicted octanol–water partition coefficient (Wildman–Crippen LogP) is 4.59. The van der Waals surface area contributed by atoms with Crippen molar-refractivity contribution in [3.8, 4) is 0 Å². The molecule has 3 aliphatic heterocycles. The fourth-order valence-corrected chi connectivity index (χ4v) is 8.08. The highest BCUT2D eigenvalue weighted by atomic mass is 32.1. The Morgan fingerprint density at radius 3 is 2.49 bits per heavy atom. The first kappa shape index (κ1) is 24.6. The van der Waals surface area contributed by atoms with Crippen molar-refractivity contribution in [2.24, 2.45) is 5.92 Å². The zero-order valence-corrected chi connectivity index (χ0v) is 22.2. The standard InChI is InChI=1S/C26H24FN3O4S3/c27-17-5-6-20-18(13-17)28-25(37-20)29-23(31)15-30-9-7-16(8-10-30)19(14-30)34-24(32)26(33,21-3-1-11-35-21)22-4-2-12-36-22/h1-6,11-13,16,19,33H,7-10,14-15H2/p+1. The highest BCUT2D eigenvalue weighted by molar-refractivity contribution is 7.22. The maximum Gasteiger partial charge on any atom is 0.349 e. The highest BCUT2D eigenvalue weighted by Crippen LogP contribution is 2.40. The van der Waals surface area contributed by atoms with Gasteiger partial charge in [-0.25, -0.2) is 14.2 Å². The van der Waals surface area contributed by atoms with Crippen LogP contribution >= 0.6 is 34.0 Å². The van der Waals surface area contributed by atoms with E-state index in [9.17, 15) is 19.1 Å². The van der Waals surface area contributed by atoms with Gasteiger partial charge in [0.15, 0.2) is 17.8 Å². The maximum absolute atomic E-state index is 13.5. The molecule has 7 rings (SSSR count). The molecule has 3 saturated heterocycles. The van der Waals surface area contributed by atoms with Crippen LogP contribution in [0, 0.1) is 11.7 Å². The number of carbonyl (C=O) groups excluding carboxylic acids is 2. The molecule has 3 aliphatic rings. The lowest BCUT2D eigenvalue weighted by molar-refractivity contribution is -0.939. The van der Waals surface area contributed by atoms with Crippen LogP contribution < -0.4 is 5.32 Å². The minimum Gasteiger partial charge on any atom is -0.453 e. The smallest absolute Gasteiger partial charge is 0.349 e. The van der Waals surface area contributed by atoms with Crippen LogP contribution in [0.2, 0.25) is 0 Å². The molecular weight excluding hydrogens is 534 g/mol. The molecule has 3 fully saturated rings. The van der Waals surface area contributed by atoms with Crippen molar-refractivity contribution in [1.82, 2.24) is 4.98 Å². The van der Waals surface area contributed by atoms with E-state index in [4.69, 9.17) is 4.74 Å². The van der Waals surface area contributed by atoms with Crippen molar-refractivity contribution in [2.45, 2.75) is 24.5 Å². The van der Waals surface area contributed by atoms with E-state index in [0.29, 0.717) is 31.4 Å². The Hall–Kier alpha value is -2.70. The van der Waals surface area contributed by atoms with Crippen molar-refractivity contribution in [1.29, 1.82) is 0 Å². The second-order valence-corrected chi connectivity index (χ2v) is 12.7. The van der Waals surface area contributed by atoms with Gasteiger partial charge in [-0.2, -0.15) is 0 Å². The Balaban J connectivity index is 1.16. The van der Waals surface area contributed by atoms with Crippen LogP contribution in [0.15, 0.2) is 53.2 Å². The van der Waals surface area contributed by atoms with Gasteiger partial charge in [-0.1, -0.05) is 23.5 Å². The highest BCUT2D eigenvalue weighted by Gasteiger charge is 2.51. The monoisotopic (exact) mass is 558 g/mol. The Morgan fingerprint density at radius 1 is 1.14 bits per heavy atom. The number of thiophene rings is 2. The number of hydrogen-bond donors (Lipinski definition) is 2. The summed E-state index contributed by atoms with van der Waals surface area (Å²) in [5.41, 5.74) is -1.33. The summed E-state index contributed by atoms with van der Waals surface area (Å²) in [4.78, 5) is 31.9. The molecule has 6 heterocycles. The zero-order chi connectivity index (χ0) is 25.6. The minimum atomic E-state index is -1.84. The molecule has 1 aromatic carbocycles. The largest absolute Gasteiger partial charge is 0.453 e. The summed E-state index contributed by atoms with van der Waals surface area (Å²) in [5.74, 6) is -0.989. The second-order valence-electron chi connectivity index (χ2n) is 9.75. The lowest BCUT2D eigenvalue weighted by atomic mass is 9.83. The maximum atomic E-state index is 13.5. The Labute approximate surface area is 224 Å². The van der Waals surface area contributed by atoms with Crippen LogP contribution in [0.3, 0.4) is 0 Å². The van der Waals surface area contributed by atoms with Gasteiger partial charge >= 0.3 is 5.97 Å². The third-order valence-corrected chi connectivity index (χ3v) is 10.3. The Kier molecular flexibility index (Phi) is 6.36. The van der Waals surface area contributed by atoms with Gasteiger partial charge in [0.1, 0.15) is 12.4 Å². The van der Waals surface area contributed by atoms with E-state index in [1.807, 2.05) is 10.8 Å². The van der Waals surface area contributed by atoms with E-state index in [0.717, 1.165) is 30.6 Å². The molecule has 192 valence electrons. The van der Waals surface area contributed by atoms with Crippen molar-refractivity contribution in [3.63, 3.8) is 0 Å². The molecule has 0 aliphatic carbocycles. The van der Waals surface area contributed by atoms with Crippen molar-refractivity contribution >= 4 is 61.2 Å². The van der Waals surface area contributed by atoms with Crippen LogP contribution in [0.4, 0.5) is 9.52 Å². The number of amides is 1. The minimum absolute atomic E-state index is 0.168. The number of hydrogen-bond acceptors (Lipinski definition) is 8. The van der Waals surface area contributed by atoms with Crippen molar-refractivity contribution in [2.75, 3.05) is 31.5 Å². The summed E-state index contributed by atoms with van der Waals surface area (Å²) < 4.78 is 20.9. The van der Waals surface area contributed by atoms with Gasteiger partial charge in [0.2, 0.25) is 5.60 Å². The number of ether oxygens (including phenoxy) is 1. The lowest BCUT2D eigenvalue weighted by Crippen LogP contribution is -2.66. The number of esters is 1. The van der Waals surface area contributed by atoms with Gasteiger partial charge in [0.05, 0.1) is 33.1 Å². The summed E-state index contributed by atoms with van der Waals surface area (Å²) in [6.45, 7) is 2.43. The summed E-state index contributed by atoms with van der Waals surface area (Å²) in [7, 11) is 0. The molecule has 7 nitrogen and oxygen atoms in total. The molecule has 1 unspecified atom stereocenters. The molecule has 37 heavy (non-hydrogen) atoms. The lowest BCUT2D eigenvalue weighted by Gasteiger charge is -2.51. The number of anilines is 1. The number of halogens is 1. The SMILES string of the molecule is O=C(C[N+]12CCC(CC1)C(OC(=O)C(O)(c1cccs1)c1cccs1)C2)Nc1nc2cc(F)ccc2s1. The summed E-state index contributed by atoms with van der Waals surface area (Å²) in [6.07, 6.45) is 1.32. The van der Waals surface area contributed by atoms with E-state index < -0.39 is 11.6 Å². The predicted molar refractivity (Wildman–Crippen MR) is 142 cm³/mol. The number of carbonyl (C=O) groups is 2. The molecular formula is C26H25FN3O4S3+. The topological polar surface area (TPSA) is 88.5 Å². The first-order valence-corrected chi connectivity index (χ1v) is 14.6. The number of aromatic nitrogens is 1. The fourth-order valence-electron chi connectivity index (χ4n) is 5.51. The summed E-state index contributed by atoms with van der Waals surface area (Å²) >= 11 is 3.95. The molecule has 2 N–H and O–H groups in total. The average molecular weight is 559 g/mol. The van der Waals surface area contributed by atoms with E-state index in [1.54, 1.807) is 30.3 Å². The number of nitrogens with zero attached hydrogens (tertiary/aromatic N) is 2. The number of benzene rings is 1. The first-order valence-electron chi connectivity index (χ1n) is 12.1. The fraction of sp³-hybridized carbons (Fsp3) is 0.346. The van der Waals surface area contributed by atoms with Crippen LogP contribution in [-0.2, 0) is 19.9 Å². The van der Waals surface area contributed by atoms with Gasteiger partial charge in [-0.3, -0.25) is 10.1 Å². The molecule has 0 radical (unpaired) electrons. The van der Waals surface area contributed by atoms with E-state index in [1.165, 1.54) is 46.1 Å². The molecule has 1 amide bonds. The van der Waals surface area contributed by atoms with E-state index >= 15 is 0 Å². The van der Waals surface area contributed by atoms with Gasteiger partial charge in [-0.15, -0.1) is 22.7 Å². The third kappa shape index (κ3) is 4.59. The van der Waals surface area contributed by atoms with Gasteiger partial charge in [0, 0.05) is 24.8 Å². The molecule has 4 aromatic rings. The van der Waals surface area contributed by atoms with E-state index in [-0.39, 0.29) is 30.3 Å². The molecule has 11 heteroatoms. The number of quaternary nitrogens is 1. The van der Waals surface area contributed by atoms with E-state index in [2.05, 4.69) is 10.3 Å². The normalized spacial score (nSPS) is 23.3. The zero-order valence-electron chi connectivity index (χ0n) is 19.8. The Morgan fingerprint density at radius 2 is 1.84 bits per heavy atom. The summed E-state index contributed by atoms with van der Waals surface area (Å²) in [6, 6.07) is 11.5. The van der Waals surface area contributed by atoms with Gasteiger partial charge in [0.25, 0.3) is 5.91 Å². The van der Waals surface area contributed by atoms with Gasteiger partial charge in [-0.05, 0) is 35.0 Å². The number of rotatable bonds is 7. The van der Waals surface area contributed by atoms with Crippen molar-refractivity contribution in [3.05, 3.63) is 68.8 Å².